The standard InChI is InChI=1S/Ba.Cd.2H2O4S/c;;2*1-5(2,3)4/h;;2*(H2,1,2,3,4)/q2*+2;;/p-4. The van der Waals surface area contributed by atoms with E-state index in [0.29, 0.717) is 0 Å². The van der Waals surface area contributed by atoms with Gasteiger partial charge in [-0.2, -0.15) is 0 Å². The van der Waals surface area contributed by atoms with Crippen LogP contribution in [-0.2, 0) is 48.1 Å². The summed E-state index contributed by atoms with van der Waals surface area (Å²) in [5, 5.41) is 0. The van der Waals surface area contributed by atoms with Gasteiger partial charge in [0.25, 0.3) is 0 Å². The first kappa shape index (κ1) is 23.8. The number of hydrogen-bond acceptors (Lipinski definition) is 8. The minimum Gasteiger partial charge on any atom is -0.759 e. The van der Waals surface area contributed by atoms with E-state index >= 15 is 0 Å². The molecule has 0 aromatic carbocycles. The van der Waals surface area contributed by atoms with Crippen molar-refractivity contribution in [1.29, 1.82) is 0 Å². The van der Waals surface area contributed by atoms with Crippen molar-refractivity contribution in [2.24, 2.45) is 0 Å². The van der Waals surface area contributed by atoms with Crippen molar-refractivity contribution in [2.75, 3.05) is 0 Å². The molecule has 0 unspecified atom stereocenters. The third-order valence-corrected chi connectivity index (χ3v) is 0. The second kappa shape index (κ2) is 9.78. The summed E-state index contributed by atoms with van der Waals surface area (Å²) in [7, 11) is -10.3. The van der Waals surface area contributed by atoms with Crippen LogP contribution in [0.25, 0.3) is 0 Å². The molecular formula is BaCdO8S2. The molecule has 0 bridgehead atoms. The van der Waals surface area contributed by atoms with Crippen molar-refractivity contribution in [2.45, 2.75) is 0 Å². The first-order chi connectivity index (χ1) is 4.00. The summed E-state index contributed by atoms with van der Waals surface area (Å²) in [6, 6.07) is 0. The Labute approximate surface area is 130 Å². The monoisotopic (exact) mass is 444 g/mol. The van der Waals surface area contributed by atoms with E-state index < -0.39 is 20.8 Å². The Morgan fingerprint density at radius 2 is 0.667 bits per heavy atom. The van der Waals surface area contributed by atoms with Crippen LogP contribution in [0.5, 0.6) is 0 Å². The zero-order valence-corrected chi connectivity index (χ0v) is 15.6. The van der Waals surface area contributed by atoms with Gasteiger partial charge in [-0.15, -0.1) is 0 Å². The van der Waals surface area contributed by atoms with E-state index in [1.54, 1.807) is 0 Å². The quantitative estimate of drug-likeness (QED) is 0.217. The van der Waals surface area contributed by atoms with Gasteiger partial charge in [-0.05, 0) is 0 Å². The normalized spacial score (nSPS) is 9.67. The predicted molar refractivity (Wildman–Crippen MR) is 26.7 cm³/mol. The maximum absolute atomic E-state index is 8.52. The van der Waals surface area contributed by atoms with Crippen LogP contribution in [0.1, 0.15) is 0 Å². The molecule has 0 N–H and O–H groups in total. The molecule has 8 nitrogen and oxygen atoms in total. The van der Waals surface area contributed by atoms with Crippen molar-refractivity contribution in [3.05, 3.63) is 0 Å². The van der Waals surface area contributed by atoms with Crippen LogP contribution in [0, 0.1) is 0 Å². The van der Waals surface area contributed by atoms with Crippen LogP contribution in [0.2, 0.25) is 0 Å². The van der Waals surface area contributed by atoms with Gasteiger partial charge in [0.15, 0.2) is 0 Å². The summed E-state index contributed by atoms with van der Waals surface area (Å²) in [4.78, 5) is 0. The average Bonchev–Trinajstić information content (AvgIpc) is 1.12. The van der Waals surface area contributed by atoms with Crippen molar-refractivity contribution in [3.8, 4) is 0 Å². The first-order valence-electron chi connectivity index (χ1n) is 1.33. The van der Waals surface area contributed by atoms with E-state index in [4.69, 9.17) is 35.0 Å². The topological polar surface area (TPSA) is 161 Å². The Morgan fingerprint density at radius 1 is 0.667 bits per heavy atom. The second-order valence-corrected chi connectivity index (χ2v) is 2.45. The number of rotatable bonds is 0. The number of hydrogen-bond donors (Lipinski definition) is 0. The van der Waals surface area contributed by atoms with E-state index in [0.717, 1.165) is 0 Å². The molecule has 0 saturated heterocycles. The molecule has 0 fully saturated rings. The molecule has 0 aliphatic heterocycles. The van der Waals surface area contributed by atoms with Crippen LogP contribution in [0.15, 0.2) is 0 Å². The maximum Gasteiger partial charge on any atom is 2.00 e. The van der Waals surface area contributed by atoms with Crippen molar-refractivity contribution < 1.29 is 62.3 Å². The summed E-state index contributed by atoms with van der Waals surface area (Å²) < 4.78 is 68.2. The third-order valence-electron chi connectivity index (χ3n) is 0. The van der Waals surface area contributed by atoms with Crippen LogP contribution in [-0.4, -0.2) is 83.9 Å². The van der Waals surface area contributed by atoms with Gasteiger partial charge in [0, 0.05) is 20.8 Å². The van der Waals surface area contributed by atoms with E-state index in [-0.39, 0.29) is 76.2 Å². The van der Waals surface area contributed by atoms with E-state index in [1.807, 2.05) is 0 Å². The molecule has 0 amide bonds. The molecule has 12 heteroatoms. The molecule has 64 valence electrons. The van der Waals surface area contributed by atoms with Gasteiger partial charge >= 0.3 is 76.2 Å². The molecule has 0 aliphatic rings. The molecule has 0 heterocycles. The fourth-order valence-electron chi connectivity index (χ4n) is 0. The minimum atomic E-state index is -5.17. The SMILES string of the molecule is O=S(=O)([O-])[O-].O=S(=O)([O-])[O-].[Ba+2].[Cd+2]. The maximum atomic E-state index is 8.52. The Kier molecular flexibility index (Phi) is 19.4. The summed E-state index contributed by atoms with van der Waals surface area (Å²) in [6.07, 6.45) is 0. The van der Waals surface area contributed by atoms with Gasteiger partial charge in [-0.25, -0.2) is 0 Å². The molecular weight excluding hydrogens is 442 g/mol. The summed E-state index contributed by atoms with van der Waals surface area (Å²) in [6.45, 7) is 0. The first-order valence-corrected chi connectivity index (χ1v) is 4.00. The van der Waals surface area contributed by atoms with E-state index in [1.165, 1.54) is 0 Å². The molecule has 0 atom stereocenters. The van der Waals surface area contributed by atoms with Gasteiger partial charge in [-0.3, -0.25) is 16.8 Å². The summed E-state index contributed by atoms with van der Waals surface area (Å²) in [5.74, 6) is 0. The van der Waals surface area contributed by atoms with E-state index in [9.17, 15) is 0 Å². The molecule has 0 radical (unpaired) electrons. The molecule has 0 rings (SSSR count). The molecule has 0 aliphatic carbocycles. The van der Waals surface area contributed by atoms with Crippen molar-refractivity contribution in [1.82, 2.24) is 0 Å². The van der Waals surface area contributed by atoms with Crippen LogP contribution < -0.4 is 0 Å². The Balaban J connectivity index is -0.0000000457. The summed E-state index contributed by atoms with van der Waals surface area (Å²) >= 11 is 0. The largest absolute Gasteiger partial charge is 2.00 e. The second-order valence-electron chi connectivity index (χ2n) is 0.816. The fraction of sp³-hybridized carbons (Fsp3) is 0. The molecule has 0 aromatic heterocycles. The van der Waals surface area contributed by atoms with Gasteiger partial charge in [0.1, 0.15) is 0 Å². The van der Waals surface area contributed by atoms with Gasteiger partial charge in [0.05, 0.1) is 0 Å². The Bertz CT molecular complexity index is 213. The average molecular weight is 442 g/mol. The van der Waals surface area contributed by atoms with Crippen molar-refractivity contribution in [3.63, 3.8) is 0 Å². The van der Waals surface area contributed by atoms with E-state index in [2.05, 4.69) is 0 Å². The minimum absolute atomic E-state index is 0. The molecule has 0 saturated carbocycles. The zero-order chi connectivity index (χ0) is 9.00. The van der Waals surface area contributed by atoms with Gasteiger partial charge < -0.3 is 18.2 Å². The third kappa shape index (κ3) is 309. The summed E-state index contributed by atoms with van der Waals surface area (Å²) in [5.41, 5.74) is 0. The zero-order valence-electron chi connectivity index (χ0n) is 5.50. The van der Waals surface area contributed by atoms with Crippen LogP contribution >= 0.6 is 0 Å². The van der Waals surface area contributed by atoms with Crippen LogP contribution in [0.4, 0.5) is 0 Å². The Hall–Kier alpha value is 2.23. The van der Waals surface area contributed by atoms with Gasteiger partial charge in [0.2, 0.25) is 0 Å². The van der Waals surface area contributed by atoms with Gasteiger partial charge in [-0.1, -0.05) is 0 Å². The Morgan fingerprint density at radius 3 is 0.667 bits per heavy atom. The van der Waals surface area contributed by atoms with Crippen LogP contribution in [0.3, 0.4) is 0 Å². The smallest absolute Gasteiger partial charge is 0.759 e. The van der Waals surface area contributed by atoms with Crippen molar-refractivity contribution >= 4 is 69.7 Å². The fourth-order valence-corrected chi connectivity index (χ4v) is 0. The molecule has 12 heavy (non-hydrogen) atoms. The molecule has 0 spiro atoms. The molecule has 0 aromatic rings. The predicted octanol–water partition coefficient (Wildman–Crippen LogP) is -3.06.